The van der Waals surface area contributed by atoms with Gasteiger partial charge in [0.2, 0.25) is 10.0 Å². The van der Waals surface area contributed by atoms with Crippen LogP contribution in [0.2, 0.25) is 0 Å². The Hall–Kier alpha value is -1.61. The van der Waals surface area contributed by atoms with Crippen molar-refractivity contribution < 1.29 is 18.1 Å². The van der Waals surface area contributed by atoms with E-state index in [9.17, 15) is 8.42 Å². The van der Waals surface area contributed by atoms with Gasteiger partial charge in [-0.15, -0.1) is 0 Å². The van der Waals surface area contributed by atoms with E-state index >= 15 is 0 Å². The van der Waals surface area contributed by atoms with Crippen molar-refractivity contribution in [2.75, 3.05) is 0 Å². The zero-order valence-corrected chi connectivity index (χ0v) is 11.9. The lowest BCUT2D eigenvalue weighted by atomic mass is 10.1. The van der Waals surface area contributed by atoms with Gasteiger partial charge >= 0.3 is 0 Å². The van der Waals surface area contributed by atoms with E-state index in [0.717, 1.165) is 0 Å². The summed E-state index contributed by atoms with van der Waals surface area (Å²) in [5, 5.41) is 15.0. The van der Waals surface area contributed by atoms with Gasteiger partial charge in [-0.25, -0.2) is 13.1 Å². The molecular formula is C10H18N4O4S. The minimum atomic E-state index is -3.74. The Morgan fingerprint density at radius 3 is 2.63 bits per heavy atom. The molecule has 0 amide bonds. The van der Waals surface area contributed by atoms with E-state index in [-0.39, 0.29) is 22.9 Å². The number of hydrogen-bond acceptors (Lipinski definition) is 6. The summed E-state index contributed by atoms with van der Waals surface area (Å²) >= 11 is 0. The lowest BCUT2D eigenvalue weighted by Gasteiger charge is -2.16. The third-order valence-corrected chi connectivity index (χ3v) is 4.40. The molecular weight excluding hydrogens is 272 g/mol. The molecule has 0 radical (unpaired) electrons. The van der Waals surface area contributed by atoms with Gasteiger partial charge in [-0.1, -0.05) is 17.2 Å². The van der Waals surface area contributed by atoms with Gasteiger partial charge in [-0.05, 0) is 20.3 Å². The van der Waals surface area contributed by atoms with Crippen LogP contribution in [0, 0.1) is 13.8 Å². The number of nitrogens with one attached hydrogen (secondary N) is 1. The van der Waals surface area contributed by atoms with Crippen LogP contribution in [0.1, 0.15) is 31.2 Å². The smallest absolute Gasteiger partial charge is 0.246 e. The summed E-state index contributed by atoms with van der Waals surface area (Å²) < 4.78 is 31.8. The number of sulfonamides is 1. The van der Waals surface area contributed by atoms with E-state index in [2.05, 4.69) is 15.0 Å². The van der Waals surface area contributed by atoms with Crippen molar-refractivity contribution in [1.82, 2.24) is 9.88 Å². The van der Waals surface area contributed by atoms with E-state index in [4.69, 9.17) is 15.5 Å². The second-order valence-electron chi connectivity index (χ2n) is 4.18. The molecule has 0 saturated carbocycles. The molecule has 108 valence electrons. The maximum atomic E-state index is 12.2. The van der Waals surface area contributed by atoms with Crippen LogP contribution in [0.25, 0.3) is 0 Å². The fourth-order valence-electron chi connectivity index (χ4n) is 1.70. The SMILES string of the molecule is CCC(CC(N)=NO)NS(=O)(=O)c1c(C)noc1C. The summed E-state index contributed by atoms with van der Waals surface area (Å²) in [6, 6.07) is -0.463. The molecule has 0 aliphatic carbocycles. The number of aryl methyl sites for hydroxylation is 2. The van der Waals surface area contributed by atoms with Gasteiger partial charge in [0.15, 0.2) is 5.76 Å². The summed E-state index contributed by atoms with van der Waals surface area (Å²) in [7, 11) is -3.74. The van der Waals surface area contributed by atoms with Crippen LogP contribution in [0.15, 0.2) is 14.6 Å². The molecule has 0 spiro atoms. The van der Waals surface area contributed by atoms with Crippen molar-refractivity contribution in [2.45, 2.75) is 44.6 Å². The molecule has 1 aromatic heterocycles. The van der Waals surface area contributed by atoms with Gasteiger partial charge in [0.1, 0.15) is 16.4 Å². The van der Waals surface area contributed by atoms with Crippen LogP contribution in [0.3, 0.4) is 0 Å². The van der Waals surface area contributed by atoms with Crippen LogP contribution in [-0.2, 0) is 10.0 Å². The second-order valence-corrected chi connectivity index (χ2v) is 5.83. The zero-order valence-electron chi connectivity index (χ0n) is 11.0. The van der Waals surface area contributed by atoms with Gasteiger partial charge in [0.05, 0.1) is 0 Å². The summed E-state index contributed by atoms with van der Waals surface area (Å²) in [6.45, 7) is 4.87. The van der Waals surface area contributed by atoms with Crippen LogP contribution in [0.5, 0.6) is 0 Å². The molecule has 0 aliphatic heterocycles. The Morgan fingerprint density at radius 1 is 1.58 bits per heavy atom. The Bertz CT molecular complexity index is 545. The normalized spacial score (nSPS) is 14.6. The molecule has 0 bridgehead atoms. The Labute approximate surface area is 111 Å². The minimum absolute atomic E-state index is 0.0328. The molecule has 1 heterocycles. The summed E-state index contributed by atoms with van der Waals surface area (Å²) in [6.07, 6.45) is 0.619. The van der Waals surface area contributed by atoms with Crippen LogP contribution in [-0.4, -0.2) is 30.7 Å². The monoisotopic (exact) mass is 290 g/mol. The maximum absolute atomic E-state index is 12.2. The van der Waals surface area contributed by atoms with E-state index in [1.807, 2.05) is 0 Å². The zero-order chi connectivity index (χ0) is 14.6. The minimum Gasteiger partial charge on any atom is -0.409 e. The Morgan fingerprint density at radius 2 is 2.21 bits per heavy atom. The van der Waals surface area contributed by atoms with Crippen molar-refractivity contribution in [3.63, 3.8) is 0 Å². The highest BCUT2D eigenvalue weighted by molar-refractivity contribution is 7.89. The van der Waals surface area contributed by atoms with E-state index < -0.39 is 16.1 Å². The highest BCUT2D eigenvalue weighted by Gasteiger charge is 2.26. The molecule has 0 aliphatic rings. The summed E-state index contributed by atoms with van der Waals surface area (Å²) in [4.78, 5) is 0.0328. The number of aromatic nitrogens is 1. The average molecular weight is 290 g/mol. The number of hydrogen-bond donors (Lipinski definition) is 3. The first-order chi connectivity index (χ1) is 8.81. The molecule has 1 rings (SSSR count). The number of oxime groups is 1. The topological polar surface area (TPSA) is 131 Å². The molecule has 1 atom stereocenters. The van der Waals surface area contributed by atoms with E-state index in [1.54, 1.807) is 13.8 Å². The molecule has 4 N–H and O–H groups in total. The predicted molar refractivity (Wildman–Crippen MR) is 68.4 cm³/mol. The van der Waals surface area contributed by atoms with Crippen molar-refractivity contribution in [3.05, 3.63) is 11.5 Å². The standard InChI is InChI=1S/C10H18N4O4S/c1-4-8(5-9(11)12-15)14-19(16,17)10-6(2)13-18-7(10)3/h8,14-15H,4-5H2,1-3H3,(H2,11,12). The van der Waals surface area contributed by atoms with Crippen molar-refractivity contribution in [2.24, 2.45) is 10.9 Å². The predicted octanol–water partition coefficient (Wildman–Crippen LogP) is 0.485. The number of nitrogens with two attached hydrogens (primary N) is 1. The molecule has 19 heavy (non-hydrogen) atoms. The quantitative estimate of drug-likeness (QED) is 0.302. The maximum Gasteiger partial charge on any atom is 0.246 e. The largest absolute Gasteiger partial charge is 0.409 e. The molecule has 0 aromatic carbocycles. The summed E-state index contributed by atoms with van der Waals surface area (Å²) in [5.74, 6) is 0.192. The Balaban J connectivity index is 2.96. The van der Waals surface area contributed by atoms with Gasteiger partial charge in [0.25, 0.3) is 0 Å². The lowest BCUT2D eigenvalue weighted by Crippen LogP contribution is -2.37. The molecule has 1 unspecified atom stereocenters. The molecule has 0 saturated heterocycles. The molecule has 0 fully saturated rings. The van der Waals surface area contributed by atoms with Crippen molar-refractivity contribution in [3.8, 4) is 0 Å². The van der Waals surface area contributed by atoms with Crippen LogP contribution >= 0.6 is 0 Å². The fourth-order valence-corrected chi connectivity index (χ4v) is 3.35. The first-order valence-corrected chi connectivity index (χ1v) is 7.21. The highest BCUT2D eigenvalue weighted by atomic mass is 32.2. The molecule has 8 nitrogen and oxygen atoms in total. The molecule has 9 heteroatoms. The first kappa shape index (κ1) is 15.4. The first-order valence-electron chi connectivity index (χ1n) is 5.73. The van der Waals surface area contributed by atoms with Crippen LogP contribution < -0.4 is 10.5 Å². The average Bonchev–Trinajstić information content (AvgIpc) is 2.68. The van der Waals surface area contributed by atoms with E-state index in [1.165, 1.54) is 6.92 Å². The van der Waals surface area contributed by atoms with Gasteiger partial charge in [-0.3, -0.25) is 0 Å². The van der Waals surface area contributed by atoms with Crippen LogP contribution in [0.4, 0.5) is 0 Å². The number of nitrogens with zero attached hydrogens (tertiary/aromatic N) is 2. The van der Waals surface area contributed by atoms with Gasteiger partial charge in [-0.2, -0.15) is 0 Å². The van der Waals surface area contributed by atoms with Crippen molar-refractivity contribution >= 4 is 15.9 Å². The van der Waals surface area contributed by atoms with E-state index in [0.29, 0.717) is 12.1 Å². The number of rotatable bonds is 6. The third-order valence-electron chi connectivity index (χ3n) is 2.64. The lowest BCUT2D eigenvalue weighted by molar-refractivity contribution is 0.316. The highest BCUT2D eigenvalue weighted by Crippen LogP contribution is 2.19. The van der Waals surface area contributed by atoms with Gasteiger partial charge < -0.3 is 15.5 Å². The molecule has 1 aromatic rings. The second kappa shape index (κ2) is 6.02. The van der Waals surface area contributed by atoms with Crippen molar-refractivity contribution in [1.29, 1.82) is 0 Å². The fraction of sp³-hybridized carbons (Fsp3) is 0.600. The third kappa shape index (κ3) is 3.67. The van der Waals surface area contributed by atoms with Gasteiger partial charge in [0, 0.05) is 12.5 Å². The summed E-state index contributed by atoms with van der Waals surface area (Å²) in [5.41, 5.74) is 5.68. The Kier molecular flexibility index (Phi) is 4.90. The number of amidine groups is 1.